The van der Waals surface area contributed by atoms with Crippen molar-refractivity contribution in [2.75, 3.05) is 6.54 Å². The number of benzene rings is 1. The van der Waals surface area contributed by atoms with Crippen LogP contribution in [0.1, 0.15) is 54.6 Å². The average molecular weight is 456 g/mol. The summed E-state index contributed by atoms with van der Waals surface area (Å²) in [7, 11) is 0. The van der Waals surface area contributed by atoms with Gasteiger partial charge in [-0.25, -0.2) is 11.0 Å². The Morgan fingerprint density at radius 3 is 2.62 bits per heavy atom. The molecule has 2 aromatic rings. The second-order valence-corrected chi connectivity index (χ2v) is 9.80. The number of fused-ring (bicyclic) bond motifs is 3. The summed E-state index contributed by atoms with van der Waals surface area (Å²) < 4.78 is 15.3. The van der Waals surface area contributed by atoms with Gasteiger partial charge in [0.25, 0.3) is 5.91 Å². The number of rotatable bonds is 4. The van der Waals surface area contributed by atoms with E-state index in [1.54, 1.807) is 9.58 Å². The minimum absolute atomic E-state index is 0.0435. The molecule has 2 N–H and O–H groups in total. The first kappa shape index (κ1) is 21.0. The number of primary amides is 1. The molecule has 1 aromatic heterocycles. The predicted molar refractivity (Wildman–Crippen MR) is 116 cm³/mol. The van der Waals surface area contributed by atoms with Crippen LogP contribution in [0.5, 0.6) is 0 Å². The highest BCUT2D eigenvalue weighted by Crippen LogP contribution is 2.60. The van der Waals surface area contributed by atoms with Gasteiger partial charge in [0.05, 0.1) is 29.4 Å². The van der Waals surface area contributed by atoms with Crippen LogP contribution in [0.3, 0.4) is 0 Å². The van der Waals surface area contributed by atoms with Crippen molar-refractivity contribution in [1.29, 1.82) is 0 Å². The third kappa shape index (κ3) is 3.27. The zero-order valence-electron chi connectivity index (χ0n) is 17.5. The van der Waals surface area contributed by atoms with Crippen molar-refractivity contribution in [2.45, 2.75) is 57.2 Å². The van der Waals surface area contributed by atoms with Crippen LogP contribution in [0.15, 0.2) is 18.2 Å². The molecule has 0 saturated heterocycles. The predicted octanol–water partition coefficient (Wildman–Crippen LogP) is 3.80. The van der Waals surface area contributed by atoms with Crippen LogP contribution in [-0.4, -0.2) is 38.6 Å². The first-order valence-corrected chi connectivity index (χ1v) is 11.1. The Balaban J connectivity index is 1.40. The molecule has 1 aliphatic heterocycles. The molecule has 5 rings (SSSR count). The van der Waals surface area contributed by atoms with Gasteiger partial charge in [0.1, 0.15) is 11.5 Å². The van der Waals surface area contributed by atoms with Crippen LogP contribution in [0.4, 0.5) is 4.39 Å². The molecule has 0 atom stereocenters. The maximum Gasteiger partial charge on any atom is 0.252 e. The molecule has 1 aromatic carbocycles. The van der Waals surface area contributed by atoms with Crippen LogP contribution in [0.25, 0.3) is 16.1 Å². The van der Waals surface area contributed by atoms with E-state index in [2.05, 4.69) is 9.94 Å². The molecule has 0 radical (unpaired) electrons. The first-order valence-electron chi connectivity index (χ1n) is 10.8. The lowest BCUT2D eigenvalue weighted by atomic mass is 9.80. The highest BCUT2D eigenvalue weighted by atomic mass is 35.5. The van der Waals surface area contributed by atoms with Crippen LogP contribution < -0.4 is 5.73 Å². The minimum Gasteiger partial charge on any atom is -0.365 e. The van der Waals surface area contributed by atoms with E-state index in [1.807, 2.05) is 0 Å². The first-order chi connectivity index (χ1) is 15.2. The fourth-order valence-corrected chi connectivity index (χ4v) is 5.94. The van der Waals surface area contributed by atoms with E-state index < -0.39 is 11.7 Å². The fourth-order valence-electron chi connectivity index (χ4n) is 5.76. The summed E-state index contributed by atoms with van der Waals surface area (Å²) in [5.41, 5.74) is 7.02. The molecule has 2 fully saturated rings. The largest absolute Gasteiger partial charge is 0.365 e. The number of aromatic nitrogens is 2. The lowest BCUT2D eigenvalue weighted by Crippen LogP contribution is -2.41. The lowest BCUT2D eigenvalue weighted by molar-refractivity contribution is -0.135. The van der Waals surface area contributed by atoms with Gasteiger partial charge in [-0.2, -0.15) is 5.10 Å². The number of carbonyl (C=O) groups is 2. The fraction of sp³-hybridized carbons (Fsp3) is 0.478. The Morgan fingerprint density at radius 2 is 2.00 bits per heavy atom. The molecule has 9 heteroatoms. The quantitative estimate of drug-likeness (QED) is 0.711. The molecular formula is C23H23ClFN5O2. The SMILES string of the molecule is [C-]#[N+]C12CCC(CC(=O)N3CCn4nc(-c5ccc(F)c(Cl)c5)c(C(N)=O)c4C3)(CC1)C2. The van der Waals surface area contributed by atoms with E-state index in [1.165, 1.54) is 18.2 Å². The minimum atomic E-state index is -0.650. The van der Waals surface area contributed by atoms with E-state index in [0.29, 0.717) is 36.5 Å². The van der Waals surface area contributed by atoms with E-state index in [4.69, 9.17) is 23.9 Å². The van der Waals surface area contributed by atoms with E-state index in [-0.39, 0.29) is 34.0 Å². The number of hydrogen-bond acceptors (Lipinski definition) is 3. The molecule has 0 unspecified atom stereocenters. The normalized spacial score (nSPS) is 26.1. The van der Waals surface area contributed by atoms with E-state index in [0.717, 1.165) is 32.1 Å². The van der Waals surface area contributed by atoms with Crippen LogP contribution in [-0.2, 0) is 17.9 Å². The zero-order chi connectivity index (χ0) is 22.7. The summed E-state index contributed by atoms with van der Waals surface area (Å²) in [6.07, 6.45) is 4.86. The summed E-state index contributed by atoms with van der Waals surface area (Å²) in [5, 5.41) is 4.46. The molecule has 0 spiro atoms. The van der Waals surface area contributed by atoms with Gasteiger partial charge in [-0.15, -0.1) is 0 Å². The highest BCUT2D eigenvalue weighted by molar-refractivity contribution is 6.31. The molecule has 32 heavy (non-hydrogen) atoms. The average Bonchev–Trinajstić information content (AvgIpc) is 3.44. The molecular weight excluding hydrogens is 433 g/mol. The van der Waals surface area contributed by atoms with Gasteiger partial charge >= 0.3 is 0 Å². The second-order valence-electron chi connectivity index (χ2n) is 9.39. The molecule has 2 heterocycles. The molecule has 7 nitrogen and oxygen atoms in total. The second kappa shape index (κ2) is 7.31. The van der Waals surface area contributed by atoms with Crippen LogP contribution in [0.2, 0.25) is 5.02 Å². The van der Waals surface area contributed by atoms with Gasteiger partial charge in [-0.1, -0.05) is 11.6 Å². The number of carbonyl (C=O) groups excluding carboxylic acids is 2. The highest BCUT2D eigenvalue weighted by Gasteiger charge is 2.59. The molecule has 2 aliphatic carbocycles. The summed E-state index contributed by atoms with van der Waals surface area (Å²) in [5.74, 6) is -1.16. The summed E-state index contributed by atoms with van der Waals surface area (Å²) in [4.78, 5) is 31.2. The number of nitrogens with two attached hydrogens (primary N) is 1. The topological polar surface area (TPSA) is 85.6 Å². The maximum absolute atomic E-state index is 13.6. The number of amides is 2. The Bertz CT molecular complexity index is 1180. The van der Waals surface area contributed by atoms with Crippen molar-refractivity contribution in [1.82, 2.24) is 14.7 Å². The maximum atomic E-state index is 13.6. The zero-order valence-corrected chi connectivity index (χ0v) is 18.3. The monoisotopic (exact) mass is 455 g/mol. The summed E-state index contributed by atoms with van der Waals surface area (Å²) in [6.45, 7) is 8.69. The van der Waals surface area contributed by atoms with Crippen molar-refractivity contribution in [3.05, 3.63) is 51.7 Å². The summed E-state index contributed by atoms with van der Waals surface area (Å²) >= 11 is 5.92. The third-order valence-electron chi connectivity index (χ3n) is 7.48. The van der Waals surface area contributed by atoms with Gasteiger partial charge in [0.2, 0.25) is 11.4 Å². The smallest absolute Gasteiger partial charge is 0.252 e. The lowest BCUT2D eigenvalue weighted by Gasteiger charge is -2.32. The molecule has 2 amide bonds. The van der Waals surface area contributed by atoms with Crippen molar-refractivity contribution >= 4 is 23.4 Å². The van der Waals surface area contributed by atoms with E-state index in [9.17, 15) is 14.0 Å². The Hall–Kier alpha value is -2.92. The van der Waals surface area contributed by atoms with Gasteiger partial charge in [-0.3, -0.25) is 14.3 Å². The molecule has 2 bridgehead atoms. The Morgan fingerprint density at radius 1 is 1.25 bits per heavy atom. The summed E-state index contributed by atoms with van der Waals surface area (Å²) in [6, 6.07) is 4.15. The van der Waals surface area contributed by atoms with Crippen molar-refractivity contribution < 1.29 is 14.0 Å². The van der Waals surface area contributed by atoms with Gasteiger partial charge in [0.15, 0.2) is 0 Å². The van der Waals surface area contributed by atoms with Crippen LogP contribution in [0, 0.1) is 17.8 Å². The molecule has 2 saturated carbocycles. The van der Waals surface area contributed by atoms with Gasteiger partial charge in [0, 0.05) is 37.8 Å². The van der Waals surface area contributed by atoms with Crippen molar-refractivity contribution in [3.8, 4) is 11.3 Å². The number of halogens is 2. The standard InChI is InChI=1S/C23H23ClFN5O2/c1-27-23-6-4-22(13-23,5-7-23)11-18(31)29-8-9-30-17(12-29)19(21(26)32)20(28-30)14-2-3-16(25)15(24)10-14/h2-3,10H,4-9,11-13H2,(H2,26,32). The van der Waals surface area contributed by atoms with Crippen molar-refractivity contribution in [3.63, 3.8) is 0 Å². The van der Waals surface area contributed by atoms with Gasteiger partial charge < -0.3 is 15.5 Å². The van der Waals surface area contributed by atoms with Crippen molar-refractivity contribution in [2.24, 2.45) is 11.1 Å². The number of nitrogens with zero attached hydrogens (tertiary/aromatic N) is 4. The number of hydrogen-bond donors (Lipinski definition) is 1. The van der Waals surface area contributed by atoms with E-state index >= 15 is 0 Å². The van der Waals surface area contributed by atoms with Crippen LogP contribution >= 0.6 is 11.6 Å². The third-order valence-corrected chi connectivity index (χ3v) is 7.77. The molecule has 166 valence electrons. The Kier molecular flexibility index (Phi) is 4.79. The Labute approximate surface area is 190 Å². The van der Waals surface area contributed by atoms with Gasteiger partial charge in [-0.05, 0) is 36.5 Å². The molecule has 3 aliphatic rings.